The number of nitrogens with one attached hydrogen (secondary N) is 2. The van der Waals surface area contributed by atoms with Crippen molar-refractivity contribution in [2.24, 2.45) is 0 Å². The van der Waals surface area contributed by atoms with Gasteiger partial charge in [-0.05, 0) is 24.3 Å². The molecule has 4 rings (SSSR count). The van der Waals surface area contributed by atoms with Crippen LogP contribution >= 0.6 is 0 Å². The summed E-state index contributed by atoms with van der Waals surface area (Å²) in [5.74, 6) is 2.41. The molecule has 3 amide bonds. The lowest BCUT2D eigenvalue weighted by molar-refractivity contribution is -0.117. The number of rotatable bonds is 6. The third-order valence-electron chi connectivity index (χ3n) is 5.20. The summed E-state index contributed by atoms with van der Waals surface area (Å²) in [6.07, 6.45) is -0.0628. The fraction of sp³-hybridized carbons (Fsp3) is 0.364. The number of methoxy groups -OCH3 is 2. The van der Waals surface area contributed by atoms with Gasteiger partial charge in [0.05, 0.1) is 26.8 Å². The van der Waals surface area contributed by atoms with Crippen molar-refractivity contribution in [1.82, 2.24) is 10.6 Å². The number of amides is 3. The molecule has 2 atom stereocenters. The van der Waals surface area contributed by atoms with Crippen LogP contribution in [-0.4, -0.2) is 58.0 Å². The first-order valence-electron chi connectivity index (χ1n) is 10.0. The fourth-order valence-corrected chi connectivity index (χ4v) is 3.65. The second-order valence-electron chi connectivity index (χ2n) is 7.30. The molecule has 2 aromatic rings. The number of benzene rings is 2. The maximum absolute atomic E-state index is 12.5. The highest BCUT2D eigenvalue weighted by Crippen LogP contribution is 2.33. The monoisotopic (exact) mass is 427 g/mol. The standard InChI is InChI=1S/C22H25N3O6/c1-28-17-8-7-15(10-20(17)29-2)25-12-14(9-21(25)26)24-22(27)23-11-16-13-30-18-5-3-4-6-19(18)31-16/h3-8,10,14,16H,9,11-13H2,1-2H3,(H2,23,24,27)/t14-,16-/m1/s1. The number of hydrogen-bond acceptors (Lipinski definition) is 6. The van der Waals surface area contributed by atoms with Gasteiger partial charge in [0.2, 0.25) is 5.91 Å². The molecule has 9 nitrogen and oxygen atoms in total. The Morgan fingerprint density at radius 2 is 1.90 bits per heavy atom. The Labute approximate surface area is 180 Å². The van der Waals surface area contributed by atoms with Crippen molar-refractivity contribution in [3.05, 3.63) is 42.5 Å². The lowest BCUT2D eigenvalue weighted by Crippen LogP contribution is -2.47. The van der Waals surface area contributed by atoms with Gasteiger partial charge >= 0.3 is 6.03 Å². The van der Waals surface area contributed by atoms with Crippen molar-refractivity contribution in [1.29, 1.82) is 0 Å². The van der Waals surface area contributed by atoms with E-state index in [2.05, 4.69) is 10.6 Å². The van der Waals surface area contributed by atoms with E-state index in [1.165, 1.54) is 0 Å². The van der Waals surface area contributed by atoms with Gasteiger partial charge in [-0.2, -0.15) is 0 Å². The number of anilines is 1. The number of nitrogens with zero attached hydrogens (tertiary/aromatic N) is 1. The Bertz CT molecular complexity index is 966. The first kappa shape index (κ1) is 20.6. The Balaban J connectivity index is 1.28. The Kier molecular flexibility index (Phi) is 6.01. The number of fused-ring (bicyclic) bond motifs is 1. The maximum atomic E-state index is 12.5. The smallest absolute Gasteiger partial charge is 0.315 e. The molecule has 2 aliphatic rings. The maximum Gasteiger partial charge on any atom is 0.315 e. The topological polar surface area (TPSA) is 98.4 Å². The summed E-state index contributed by atoms with van der Waals surface area (Å²) in [5.41, 5.74) is 0.693. The molecule has 2 aromatic carbocycles. The van der Waals surface area contributed by atoms with E-state index in [1.54, 1.807) is 37.3 Å². The number of carbonyl (C=O) groups excluding carboxylic acids is 2. The van der Waals surface area contributed by atoms with Gasteiger partial charge in [0.25, 0.3) is 0 Å². The van der Waals surface area contributed by atoms with Gasteiger partial charge in [0, 0.05) is 24.7 Å². The minimum Gasteiger partial charge on any atom is -0.493 e. The Hall–Kier alpha value is -3.62. The predicted octanol–water partition coefficient (Wildman–Crippen LogP) is 1.95. The second-order valence-corrected chi connectivity index (χ2v) is 7.30. The summed E-state index contributed by atoms with van der Waals surface area (Å²) in [6, 6.07) is 12.0. The summed E-state index contributed by atoms with van der Waals surface area (Å²) in [4.78, 5) is 26.5. The van der Waals surface area contributed by atoms with Crippen LogP contribution in [0.1, 0.15) is 6.42 Å². The highest BCUT2D eigenvalue weighted by atomic mass is 16.6. The SMILES string of the molecule is COc1ccc(N2C[C@H](NC(=O)NC[C@@H]3COc4ccccc4O3)CC2=O)cc1OC. The van der Waals surface area contributed by atoms with Gasteiger partial charge in [-0.15, -0.1) is 0 Å². The molecular weight excluding hydrogens is 402 g/mol. The van der Waals surface area contributed by atoms with Crippen LogP contribution in [0.2, 0.25) is 0 Å². The molecule has 0 aliphatic carbocycles. The van der Waals surface area contributed by atoms with E-state index >= 15 is 0 Å². The zero-order valence-electron chi connectivity index (χ0n) is 17.4. The van der Waals surface area contributed by atoms with Crippen LogP contribution in [0, 0.1) is 0 Å². The zero-order valence-corrected chi connectivity index (χ0v) is 17.4. The third kappa shape index (κ3) is 4.60. The van der Waals surface area contributed by atoms with Crippen molar-refractivity contribution in [2.45, 2.75) is 18.6 Å². The largest absolute Gasteiger partial charge is 0.493 e. The number of carbonyl (C=O) groups is 2. The number of para-hydroxylation sites is 2. The minimum atomic E-state index is -0.352. The van der Waals surface area contributed by atoms with E-state index in [0.717, 1.165) is 0 Å². The third-order valence-corrected chi connectivity index (χ3v) is 5.20. The van der Waals surface area contributed by atoms with Gasteiger partial charge in [-0.3, -0.25) is 4.79 Å². The molecule has 2 N–H and O–H groups in total. The number of hydrogen-bond donors (Lipinski definition) is 2. The molecule has 1 saturated heterocycles. The number of ether oxygens (including phenoxy) is 4. The lowest BCUT2D eigenvalue weighted by atomic mass is 10.2. The second kappa shape index (κ2) is 9.03. The summed E-state index contributed by atoms with van der Waals surface area (Å²) in [6.45, 7) is 1.02. The van der Waals surface area contributed by atoms with Crippen molar-refractivity contribution in [3.8, 4) is 23.0 Å². The van der Waals surface area contributed by atoms with E-state index in [0.29, 0.717) is 48.4 Å². The van der Waals surface area contributed by atoms with Gasteiger partial charge in [0.1, 0.15) is 6.61 Å². The van der Waals surface area contributed by atoms with Crippen LogP contribution < -0.4 is 34.5 Å². The van der Waals surface area contributed by atoms with Crippen LogP contribution in [0.4, 0.5) is 10.5 Å². The molecule has 164 valence electrons. The molecule has 2 aliphatic heterocycles. The minimum absolute atomic E-state index is 0.0712. The average molecular weight is 427 g/mol. The van der Waals surface area contributed by atoms with Gasteiger partial charge in [-0.25, -0.2) is 4.79 Å². The normalized spacial score (nSPS) is 19.7. The van der Waals surface area contributed by atoms with Crippen molar-refractivity contribution >= 4 is 17.6 Å². The van der Waals surface area contributed by atoms with Crippen molar-refractivity contribution in [3.63, 3.8) is 0 Å². The summed E-state index contributed by atoms with van der Waals surface area (Å²) < 4.78 is 22.0. The molecule has 0 radical (unpaired) electrons. The summed E-state index contributed by atoms with van der Waals surface area (Å²) >= 11 is 0. The molecule has 31 heavy (non-hydrogen) atoms. The predicted molar refractivity (Wildman–Crippen MR) is 113 cm³/mol. The molecule has 1 fully saturated rings. The highest BCUT2D eigenvalue weighted by Gasteiger charge is 2.32. The molecule has 0 bridgehead atoms. The van der Waals surface area contributed by atoms with Gasteiger partial charge in [0.15, 0.2) is 29.1 Å². The van der Waals surface area contributed by atoms with Crippen molar-refractivity contribution in [2.75, 3.05) is 38.8 Å². The zero-order chi connectivity index (χ0) is 21.8. The van der Waals surface area contributed by atoms with Crippen LogP contribution in [0.5, 0.6) is 23.0 Å². The first-order chi connectivity index (χ1) is 15.1. The molecule has 9 heteroatoms. The fourth-order valence-electron chi connectivity index (χ4n) is 3.65. The summed E-state index contributed by atoms with van der Waals surface area (Å²) in [5, 5.41) is 5.65. The van der Waals surface area contributed by atoms with E-state index in [1.807, 2.05) is 24.3 Å². The average Bonchev–Trinajstić information content (AvgIpc) is 3.16. The van der Waals surface area contributed by atoms with E-state index in [-0.39, 0.29) is 30.5 Å². The van der Waals surface area contributed by atoms with E-state index in [4.69, 9.17) is 18.9 Å². The van der Waals surface area contributed by atoms with E-state index < -0.39 is 0 Å². The van der Waals surface area contributed by atoms with Gasteiger partial charge in [-0.1, -0.05) is 12.1 Å². The summed E-state index contributed by atoms with van der Waals surface area (Å²) in [7, 11) is 3.10. The quantitative estimate of drug-likeness (QED) is 0.731. The van der Waals surface area contributed by atoms with E-state index in [9.17, 15) is 9.59 Å². The lowest BCUT2D eigenvalue weighted by Gasteiger charge is -2.26. The molecular formula is C22H25N3O6. The Morgan fingerprint density at radius 3 is 2.68 bits per heavy atom. The van der Waals surface area contributed by atoms with Crippen LogP contribution in [0.15, 0.2) is 42.5 Å². The number of urea groups is 1. The van der Waals surface area contributed by atoms with Crippen LogP contribution in [0.3, 0.4) is 0 Å². The molecule has 2 heterocycles. The van der Waals surface area contributed by atoms with Crippen LogP contribution in [-0.2, 0) is 4.79 Å². The van der Waals surface area contributed by atoms with Crippen molar-refractivity contribution < 1.29 is 28.5 Å². The Morgan fingerprint density at radius 1 is 1.13 bits per heavy atom. The van der Waals surface area contributed by atoms with Gasteiger partial charge < -0.3 is 34.5 Å². The molecule has 0 spiro atoms. The highest BCUT2D eigenvalue weighted by molar-refractivity contribution is 5.97. The first-order valence-corrected chi connectivity index (χ1v) is 10.0. The molecule has 0 aromatic heterocycles. The van der Waals surface area contributed by atoms with Crippen LogP contribution in [0.25, 0.3) is 0 Å². The molecule has 0 unspecified atom stereocenters. The molecule has 0 saturated carbocycles.